The second kappa shape index (κ2) is 9.60. The molecule has 184 valence electrons. The molecule has 2 fully saturated rings. The number of imide groups is 1. The van der Waals surface area contributed by atoms with Crippen LogP contribution in [0.3, 0.4) is 0 Å². The Balaban J connectivity index is 1.61. The fraction of sp³-hybridized carbons (Fsp3) is 0.444. The molecule has 2 saturated heterocycles. The first-order chi connectivity index (χ1) is 17.0. The lowest BCUT2D eigenvalue weighted by Gasteiger charge is -2.30. The minimum atomic E-state index is -1.25. The molecule has 5 rings (SSSR count). The molecule has 2 aromatic rings. The van der Waals surface area contributed by atoms with Crippen molar-refractivity contribution in [1.82, 2.24) is 10.2 Å². The van der Waals surface area contributed by atoms with E-state index in [1.165, 1.54) is 4.90 Å². The molecule has 4 atom stereocenters. The van der Waals surface area contributed by atoms with E-state index in [0.29, 0.717) is 24.5 Å². The molecule has 2 aromatic carbocycles. The number of carbonyl (C=O) groups excluding carboxylic acids is 3. The van der Waals surface area contributed by atoms with Gasteiger partial charge in [0.1, 0.15) is 5.54 Å². The molecule has 3 aliphatic heterocycles. The van der Waals surface area contributed by atoms with E-state index in [1.807, 2.05) is 61.7 Å². The molecular weight excluding hydrogens is 482 g/mol. The molecule has 0 radical (unpaired) electrons. The van der Waals surface area contributed by atoms with Crippen molar-refractivity contribution in [2.45, 2.75) is 44.3 Å². The fourth-order valence-corrected chi connectivity index (χ4v) is 6.68. The molecule has 35 heavy (non-hydrogen) atoms. The number of para-hydroxylation sites is 1. The SMILES string of the molecule is CCCCN1C(=O)C2C(CCSC)NC3(C(=O)N(Cc4ccccc4Cl)c4ccccc43)C2C1=O. The van der Waals surface area contributed by atoms with Gasteiger partial charge in [-0.3, -0.25) is 24.6 Å². The number of halogens is 1. The Morgan fingerprint density at radius 3 is 2.51 bits per heavy atom. The van der Waals surface area contributed by atoms with Crippen LogP contribution in [0.2, 0.25) is 5.02 Å². The highest BCUT2D eigenvalue weighted by molar-refractivity contribution is 7.98. The van der Waals surface area contributed by atoms with Gasteiger partial charge in [-0.25, -0.2) is 0 Å². The first kappa shape index (κ1) is 24.3. The average molecular weight is 512 g/mol. The van der Waals surface area contributed by atoms with Crippen LogP contribution in [0.4, 0.5) is 5.69 Å². The zero-order chi connectivity index (χ0) is 24.7. The van der Waals surface area contributed by atoms with Gasteiger partial charge in [0, 0.05) is 28.9 Å². The van der Waals surface area contributed by atoms with E-state index in [1.54, 1.807) is 16.7 Å². The summed E-state index contributed by atoms with van der Waals surface area (Å²) in [6, 6.07) is 14.9. The fourth-order valence-electron chi connectivity index (χ4n) is 5.99. The third-order valence-electron chi connectivity index (χ3n) is 7.61. The topological polar surface area (TPSA) is 69.7 Å². The van der Waals surface area contributed by atoms with E-state index in [2.05, 4.69) is 5.32 Å². The van der Waals surface area contributed by atoms with E-state index < -0.39 is 17.4 Å². The first-order valence-corrected chi connectivity index (χ1v) is 14.0. The Morgan fingerprint density at radius 1 is 1.03 bits per heavy atom. The number of likely N-dealkylation sites (tertiary alicyclic amines) is 1. The average Bonchev–Trinajstić information content (AvgIpc) is 3.42. The number of hydrogen-bond donors (Lipinski definition) is 1. The zero-order valence-electron chi connectivity index (χ0n) is 20.0. The summed E-state index contributed by atoms with van der Waals surface area (Å²) in [4.78, 5) is 44.9. The molecule has 0 aliphatic carbocycles. The summed E-state index contributed by atoms with van der Waals surface area (Å²) in [5.74, 6) is -0.993. The van der Waals surface area contributed by atoms with Crippen molar-refractivity contribution in [2.24, 2.45) is 11.8 Å². The number of rotatable bonds is 8. The first-order valence-electron chi connectivity index (χ1n) is 12.2. The maximum absolute atomic E-state index is 14.4. The Bertz CT molecular complexity index is 1170. The lowest BCUT2D eigenvalue weighted by Crippen LogP contribution is -2.55. The zero-order valence-corrected chi connectivity index (χ0v) is 21.6. The predicted octanol–water partition coefficient (Wildman–Crippen LogP) is 4.21. The number of amides is 3. The smallest absolute Gasteiger partial charge is 0.253 e. The summed E-state index contributed by atoms with van der Waals surface area (Å²) >= 11 is 8.15. The molecule has 1 N–H and O–H groups in total. The van der Waals surface area contributed by atoms with Gasteiger partial charge in [0.15, 0.2) is 0 Å². The second-order valence-electron chi connectivity index (χ2n) is 9.53. The van der Waals surface area contributed by atoms with Crippen LogP contribution in [0.25, 0.3) is 0 Å². The van der Waals surface area contributed by atoms with E-state index in [0.717, 1.165) is 35.4 Å². The Morgan fingerprint density at radius 2 is 1.77 bits per heavy atom. The lowest BCUT2D eigenvalue weighted by atomic mass is 9.76. The third-order valence-corrected chi connectivity index (χ3v) is 8.62. The van der Waals surface area contributed by atoms with Gasteiger partial charge >= 0.3 is 0 Å². The molecule has 0 aromatic heterocycles. The van der Waals surface area contributed by atoms with Crippen LogP contribution < -0.4 is 10.2 Å². The number of unbranched alkanes of at least 4 members (excludes halogenated alkanes) is 1. The van der Waals surface area contributed by atoms with Crippen LogP contribution in [-0.2, 0) is 26.5 Å². The van der Waals surface area contributed by atoms with Crippen LogP contribution in [-0.4, -0.2) is 47.2 Å². The van der Waals surface area contributed by atoms with Crippen LogP contribution >= 0.6 is 23.4 Å². The molecule has 6 nitrogen and oxygen atoms in total. The number of benzene rings is 2. The monoisotopic (exact) mass is 511 g/mol. The normalized spacial score (nSPS) is 27.3. The highest BCUT2D eigenvalue weighted by Gasteiger charge is 2.71. The third kappa shape index (κ3) is 3.71. The Labute approximate surface area is 215 Å². The number of fused-ring (bicyclic) bond motifs is 4. The number of nitrogens with zero attached hydrogens (tertiary/aromatic N) is 2. The van der Waals surface area contributed by atoms with Crippen LogP contribution in [0.5, 0.6) is 0 Å². The summed E-state index contributed by atoms with van der Waals surface area (Å²) in [6.45, 7) is 2.75. The van der Waals surface area contributed by atoms with Crippen LogP contribution in [0.1, 0.15) is 37.3 Å². The van der Waals surface area contributed by atoms with Gasteiger partial charge in [-0.1, -0.05) is 61.3 Å². The minimum Gasteiger partial charge on any atom is -0.306 e. The molecular formula is C27H30ClN3O3S. The summed E-state index contributed by atoms with van der Waals surface area (Å²) in [7, 11) is 0. The van der Waals surface area contributed by atoms with Gasteiger partial charge in [-0.05, 0) is 42.5 Å². The molecule has 4 unspecified atom stereocenters. The van der Waals surface area contributed by atoms with E-state index in [9.17, 15) is 14.4 Å². The highest BCUT2D eigenvalue weighted by atomic mass is 35.5. The van der Waals surface area contributed by atoms with Gasteiger partial charge in [-0.2, -0.15) is 11.8 Å². The molecule has 0 saturated carbocycles. The maximum Gasteiger partial charge on any atom is 0.253 e. The Hall–Kier alpha value is -2.35. The van der Waals surface area contributed by atoms with Gasteiger partial charge in [0.2, 0.25) is 11.8 Å². The number of anilines is 1. The number of nitrogens with one attached hydrogen (secondary N) is 1. The lowest BCUT2D eigenvalue weighted by molar-refractivity contribution is -0.143. The van der Waals surface area contributed by atoms with Gasteiger partial charge in [-0.15, -0.1) is 0 Å². The summed E-state index contributed by atoms with van der Waals surface area (Å²) < 4.78 is 0. The quantitative estimate of drug-likeness (QED) is 0.538. The van der Waals surface area contributed by atoms with Crippen molar-refractivity contribution in [1.29, 1.82) is 0 Å². The van der Waals surface area contributed by atoms with E-state index in [4.69, 9.17) is 11.6 Å². The van der Waals surface area contributed by atoms with Crippen molar-refractivity contribution in [3.63, 3.8) is 0 Å². The number of thioether (sulfide) groups is 1. The van der Waals surface area contributed by atoms with Crippen molar-refractivity contribution in [2.75, 3.05) is 23.5 Å². The Kier molecular flexibility index (Phi) is 6.68. The minimum absolute atomic E-state index is 0.140. The van der Waals surface area contributed by atoms with Gasteiger partial charge in [0.05, 0.1) is 18.4 Å². The van der Waals surface area contributed by atoms with Gasteiger partial charge < -0.3 is 4.90 Å². The number of carbonyl (C=O) groups is 3. The standard InChI is InChI=1S/C27H30ClN3O3S/c1-3-4-14-30-24(32)22-20(13-15-35-2)29-27(23(22)25(30)33)18-10-6-8-12-21(18)31(26(27)34)16-17-9-5-7-11-19(17)28/h5-12,20,22-23,29H,3-4,13-16H2,1-2H3. The van der Waals surface area contributed by atoms with Crippen molar-refractivity contribution < 1.29 is 14.4 Å². The van der Waals surface area contributed by atoms with Crippen LogP contribution in [0.15, 0.2) is 48.5 Å². The number of hydrogen-bond acceptors (Lipinski definition) is 5. The molecule has 0 bridgehead atoms. The summed E-state index contributed by atoms with van der Waals surface area (Å²) in [5, 5.41) is 4.16. The molecule has 3 heterocycles. The molecule has 3 amide bonds. The van der Waals surface area contributed by atoms with Crippen LogP contribution in [0, 0.1) is 11.8 Å². The van der Waals surface area contributed by atoms with E-state index in [-0.39, 0.29) is 23.8 Å². The summed E-state index contributed by atoms with van der Waals surface area (Å²) in [5.41, 5.74) is 1.12. The molecule has 3 aliphatic rings. The predicted molar refractivity (Wildman–Crippen MR) is 139 cm³/mol. The van der Waals surface area contributed by atoms with E-state index >= 15 is 0 Å². The second-order valence-corrected chi connectivity index (χ2v) is 10.9. The largest absolute Gasteiger partial charge is 0.306 e. The van der Waals surface area contributed by atoms with Crippen molar-refractivity contribution >= 4 is 46.8 Å². The van der Waals surface area contributed by atoms with Gasteiger partial charge in [0.25, 0.3) is 5.91 Å². The molecule has 1 spiro atoms. The maximum atomic E-state index is 14.4. The molecule has 8 heteroatoms. The summed E-state index contributed by atoms with van der Waals surface area (Å²) in [6.07, 6.45) is 4.39. The van der Waals surface area contributed by atoms with Crippen molar-refractivity contribution in [3.8, 4) is 0 Å². The van der Waals surface area contributed by atoms with Crippen molar-refractivity contribution in [3.05, 3.63) is 64.7 Å². The highest BCUT2D eigenvalue weighted by Crippen LogP contribution is 2.55.